The molecule has 0 bridgehead atoms. The molecule has 1 unspecified atom stereocenters. The van der Waals surface area contributed by atoms with E-state index in [2.05, 4.69) is 43.9 Å². The van der Waals surface area contributed by atoms with Crippen molar-refractivity contribution in [3.8, 4) is 6.07 Å². The number of unbranched alkanes of at least 4 members (excludes halogenated alkanes) is 1. The third-order valence-electron chi connectivity index (χ3n) is 3.54. The Hall–Kier alpha value is -1.49. The summed E-state index contributed by atoms with van der Waals surface area (Å²) in [7, 11) is 0. The van der Waals surface area contributed by atoms with Gasteiger partial charge in [0.1, 0.15) is 0 Å². The van der Waals surface area contributed by atoms with Gasteiger partial charge in [0.25, 0.3) is 0 Å². The zero-order chi connectivity index (χ0) is 13.5. The fourth-order valence-electron chi connectivity index (χ4n) is 2.10. The van der Waals surface area contributed by atoms with Gasteiger partial charge < -0.3 is 4.90 Å². The van der Waals surface area contributed by atoms with E-state index in [4.69, 9.17) is 5.26 Å². The van der Waals surface area contributed by atoms with E-state index in [1.807, 2.05) is 13.0 Å². The molecule has 0 spiro atoms. The molecule has 0 radical (unpaired) electrons. The molecule has 0 heterocycles. The molecule has 0 aliphatic rings. The van der Waals surface area contributed by atoms with Crippen molar-refractivity contribution in [2.45, 2.75) is 53.0 Å². The van der Waals surface area contributed by atoms with Crippen LogP contribution < -0.4 is 4.90 Å². The fourth-order valence-corrected chi connectivity index (χ4v) is 2.10. The van der Waals surface area contributed by atoms with E-state index in [9.17, 15) is 0 Å². The standard InChI is InChI=1S/C16H24N2/c1-5-7-10-18(14(4)6-2)16-9-8-15(12-17)13(3)11-16/h8-9,11,14H,5-7,10H2,1-4H3. The van der Waals surface area contributed by atoms with Crippen molar-refractivity contribution in [2.24, 2.45) is 0 Å². The number of aryl methyl sites for hydroxylation is 1. The molecule has 0 aliphatic carbocycles. The van der Waals surface area contributed by atoms with Gasteiger partial charge in [0.15, 0.2) is 0 Å². The van der Waals surface area contributed by atoms with Crippen LogP contribution in [0.25, 0.3) is 0 Å². The second-order valence-corrected chi connectivity index (χ2v) is 4.92. The molecular formula is C16H24N2. The number of anilines is 1. The molecule has 0 aromatic heterocycles. The highest BCUT2D eigenvalue weighted by molar-refractivity contribution is 5.54. The summed E-state index contributed by atoms with van der Waals surface area (Å²) in [6.07, 6.45) is 3.56. The van der Waals surface area contributed by atoms with Gasteiger partial charge in [-0.15, -0.1) is 0 Å². The van der Waals surface area contributed by atoms with Gasteiger partial charge in [0.2, 0.25) is 0 Å². The predicted molar refractivity (Wildman–Crippen MR) is 77.9 cm³/mol. The van der Waals surface area contributed by atoms with Gasteiger partial charge in [-0.05, 0) is 50.5 Å². The molecule has 1 aromatic rings. The summed E-state index contributed by atoms with van der Waals surface area (Å²) in [6.45, 7) is 9.82. The van der Waals surface area contributed by atoms with E-state index >= 15 is 0 Å². The third-order valence-corrected chi connectivity index (χ3v) is 3.54. The quantitative estimate of drug-likeness (QED) is 0.747. The second kappa shape index (κ2) is 7.06. The lowest BCUT2D eigenvalue weighted by Crippen LogP contribution is -2.33. The van der Waals surface area contributed by atoms with E-state index < -0.39 is 0 Å². The van der Waals surface area contributed by atoms with Crippen molar-refractivity contribution in [1.29, 1.82) is 5.26 Å². The average Bonchev–Trinajstić information content (AvgIpc) is 2.39. The number of rotatable bonds is 6. The Morgan fingerprint density at radius 1 is 1.33 bits per heavy atom. The molecule has 0 fully saturated rings. The highest BCUT2D eigenvalue weighted by atomic mass is 15.2. The van der Waals surface area contributed by atoms with Crippen LogP contribution in [0.4, 0.5) is 5.69 Å². The van der Waals surface area contributed by atoms with Crippen LogP contribution in [0.3, 0.4) is 0 Å². The molecule has 1 aromatic carbocycles. The topological polar surface area (TPSA) is 27.0 Å². The van der Waals surface area contributed by atoms with E-state index in [1.54, 1.807) is 0 Å². The minimum absolute atomic E-state index is 0.545. The van der Waals surface area contributed by atoms with Gasteiger partial charge in [-0.1, -0.05) is 20.3 Å². The average molecular weight is 244 g/mol. The maximum atomic E-state index is 8.98. The molecule has 0 aliphatic heterocycles. The number of hydrogen-bond acceptors (Lipinski definition) is 2. The Kier molecular flexibility index (Phi) is 5.71. The molecule has 0 saturated heterocycles. The van der Waals surface area contributed by atoms with Crippen LogP contribution in [-0.4, -0.2) is 12.6 Å². The van der Waals surface area contributed by atoms with Crippen molar-refractivity contribution in [3.63, 3.8) is 0 Å². The van der Waals surface area contributed by atoms with Crippen molar-refractivity contribution < 1.29 is 0 Å². The van der Waals surface area contributed by atoms with Gasteiger partial charge in [-0.25, -0.2) is 0 Å². The lowest BCUT2D eigenvalue weighted by atomic mass is 10.1. The minimum Gasteiger partial charge on any atom is -0.369 e. The zero-order valence-corrected chi connectivity index (χ0v) is 12.0. The third kappa shape index (κ3) is 3.50. The summed E-state index contributed by atoms with van der Waals surface area (Å²) in [5, 5.41) is 8.98. The summed E-state index contributed by atoms with van der Waals surface area (Å²) < 4.78 is 0. The minimum atomic E-state index is 0.545. The van der Waals surface area contributed by atoms with E-state index in [1.165, 1.54) is 18.5 Å². The van der Waals surface area contributed by atoms with Crippen molar-refractivity contribution >= 4 is 5.69 Å². The highest BCUT2D eigenvalue weighted by Crippen LogP contribution is 2.22. The fraction of sp³-hybridized carbons (Fsp3) is 0.562. The largest absolute Gasteiger partial charge is 0.369 e. The van der Waals surface area contributed by atoms with Crippen LogP contribution >= 0.6 is 0 Å². The Morgan fingerprint density at radius 3 is 2.56 bits per heavy atom. The van der Waals surface area contributed by atoms with Crippen LogP contribution in [0.15, 0.2) is 18.2 Å². The molecular weight excluding hydrogens is 220 g/mol. The summed E-state index contributed by atoms with van der Waals surface area (Å²) in [5.74, 6) is 0. The molecule has 1 rings (SSSR count). The SMILES string of the molecule is CCCCN(c1ccc(C#N)c(C)c1)C(C)CC. The Bertz CT molecular complexity index is 418. The summed E-state index contributed by atoms with van der Waals surface area (Å²) in [6, 6.07) is 8.93. The van der Waals surface area contributed by atoms with Crippen LogP contribution in [0.2, 0.25) is 0 Å². The second-order valence-electron chi connectivity index (χ2n) is 4.92. The normalized spacial score (nSPS) is 11.9. The van der Waals surface area contributed by atoms with E-state index in [0.29, 0.717) is 6.04 Å². The molecule has 98 valence electrons. The molecule has 0 amide bonds. The first-order valence-electron chi connectivity index (χ1n) is 6.91. The maximum absolute atomic E-state index is 8.98. The lowest BCUT2D eigenvalue weighted by Gasteiger charge is -2.31. The van der Waals surface area contributed by atoms with Gasteiger partial charge in [0.05, 0.1) is 11.6 Å². The van der Waals surface area contributed by atoms with Crippen LogP contribution in [0.5, 0.6) is 0 Å². The molecule has 0 N–H and O–H groups in total. The first kappa shape index (κ1) is 14.6. The Labute approximate surface area is 111 Å². The van der Waals surface area contributed by atoms with E-state index in [-0.39, 0.29) is 0 Å². The van der Waals surface area contributed by atoms with Crippen molar-refractivity contribution in [2.75, 3.05) is 11.4 Å². The van der Waals surface area contributed by atoms with Gasteiger partial charge in [0, 0.05) is 18.3 Å². The van der Waals surface area contributed by atoms with Gasteiger partial charge in [-0.3, -0.25) is 0 Å². The van der Waals surface area contributed by atoms with E-state index in [0.717, 1.165) is 24.1 Å². The first-order chi connectivity index (χ1) is 8.63. The Balaban J connectivity index is 2.98. The maximum Gasteiger partial charge on any atom is 0.0994 e. The summed E-state index contributed by atoms with van der Waals surface area (Å²) in [4.78, 5) is 2.46. The number of benzene rings is 1. The number of nitrogens with zero attached hydrogens (tertiary/aromatic N) is 2. The number of hydrogen-bond donors (Lipinski definition) is 0. The van der Waals surface area contributed by atoms with Crippen LogP contribution in [-0.2, 0) is 0 Å². The smallest absolute Gasteiger partial charge is 0.0994 e. The molecule has 0 saturated carbocycles. The van der Waals surface area contributed by atoms with Crippen LogP contribution in [0.1, 0.15) is 51.2 Å². The molecule has 18 heavy (non-hydrogen) atoms. The van der Waals surface area contributed by atoms with Crippen LogP contribution in [0, 0.1) is 18.3 Å². The monoisotopic (exact) mass is 244 g/mol. The summed E-state index contributed by atoms with van der Waals surface area (Å²) >= 11 is 0. The Morgan fingerprint density at radius 2 is 2.06 bits per heavy atom. The van der Waals surface area contributed by atoms with Crippen molar-refractivity contribution in [1.82, 2.24) is 0 Å². The summed E-state index contributed by atoms with van der Waals surface area (Å²) in [5.41, 5.74) is 3.09. The molecule has 1 atom stereocenters. The van der Waals surface area contributed by atoms with Gasteiger partial charge in [-0.2, -0.15) is 5.26 Å². The lowest BCUT2D eigenvalue weighted by molar-refractivity contribution is 0.595. The number of nitriles is 1. The molecule has 2 heteroatoms. The zero-order valence-electron chi connectivity index (χ0n) is 12.0. The highest BCUT2D eigenvalue weighted by Gasteiger charge is 2.13. The first-order valence-corrected chi connectivity index (χ1v) is 6.91. The molecule has 2 nitrogen and oxygen atoms in total. The van der Waals surface area contributed by atoms with Gasteiger partial charge >= 0.3 is 0 Å². The predicted octanol–water partition coefficient (Wildman–Crippen LogP) is 4.27. The van der Waals surface area contributed by atoms with Crippen molar-refractivity contribution in [3.05, 3.63) is 29.3 Å².